The molecule has 0 atom stereocenters. The van der Waals surface area contributed by atoms with Gasteiger partial charge in [0.2, 0.25) is 5.91 Å². The average molecular weight is 259 g/mol. The van der Waals surface area contributed by atoms with Gasteiger partial charge in [-0.15, -0.1) is 0 Å². The SMILES string of the molecule is CC(C)CCSCC(=O)N(CC(=O)O)C1CC1. The van der Waals surface area contributed by atoms with Gasteiger partial charge in [-0.3, -0.25) is 9.59 Å². The molecule has 1 rings (SSSR count). The Morgan fingerprint density at radius 3 is 2.53 bits per heavy atom. The molecule has 0 radical (unpaired) electrons. The number of nitrogens with zero attached hydrogens (tertiary/aromatic N) is 1. The topological polar surface area (TPSA) is 57.6 Å². The zero-order valence-corrected chi connectivity index (χ0v) is 11.3. The summed E-state index contributed by atoms with van der Waals surface area (Å²) < 4.78 is 0. The lowest BCUT2D eigenvalue weighted by atomic mass is 10.2. The van der Waals surface area contributed by atoms with E-state index in [1.54, 1.807) is 11.8 Å². The van der Waals surface area contributed by atoms with Crippen molar-refractivity contribution in [3.8, 4) is 0 Å². The maximum absolute atomic E-state index is 11.8. The third kappa shape index (κ3) is 5.96. The molecular formula is C12H21NO3S. The number of carbonyl (C=O) groups excluding carboxylic acids is 1. The number of aliphatic carboxylic acids is 1. The van der Waals surface area contributed by atoms with Gasteiger partial charge in [0, 0.05) is 6.04 Å². The Bertz CT molecular complexity index is 277. The first-order valence-corrected chi connectivity index (χ1v) is 7.25. The molecular weight excluding hydrogens is 238 g/mol. The Labute approximate surface area is 107 Å². The van der Waals surface area contributed by atoms with Crippen LogP contribution in [0.3, 0.4) is 0 Å². The fourth-order valence-corrected chi connectivity index (χ4v) is 2.64. The quantitative estimate of drug-likeness (QED) is 0.676. The predicted octanol–water partition coefficient (Wildman–Crippen LogP) is 1.84. The number of thioether (sulfide) groups is 1. The van der Waals surface area contributed by atoms with Gasteiger partial charge in [-0.05, 0) is 30.9 Å². The Balaban J connectivity index is 2.25. The van der Waals surface area contributed by atoms with Crippen LogP contribution >= 0.6 is 11.8 Å². The predicted molar refractivity (Wildman–Crippen MR) is 69.2 cm³/mol. The molecule has 1 N–H and O–H groups in total. The van der Waals surface area contributed by atoms with Gasteiger partial charge in [-0.1, -0.05) is 13.8 Å². The van der Waals surface area contributed by atoms with Gasteiger partial charge in [0.1, 0.15) is 6.54 Å². The number of hydrogen-bond acceptors (Lipinski definition) is 3. The van der Waals surface area contributed by atoms with Gasteiger partial charge in [0.25, 0.3) is 0 Å². The maximum Gasteiger partial charge on any atom is 0.323 e. The molecule has 1 saturated carbocycles. The molecule has 0 aromatic rings. The summed E-state index contributed by atoms with van der Waals surface area (Å²) in [5.41, 5.74) is 0. The van der Waals surface area contributed by atoms with E-state index in [0.717, 1.165) is 25.0 Å². The van der Waals surface area contributed by atoms with Gasteiger partial charge in [-0.25, -0.2) is 0 Å². The van der Waals surface area contributed by atoms with Gasteiger partial charge in [-0.2, -0.15) is 11.8 Å². The van der Waals surface area contributed by atoms with Crippen molar-refractivity contribution in [3.63, 3.8) is 0 Å². The van der Waals surface area contributed by atoms with Gasteiger partial charge >= 0.3 is 5.97 Å². The highest BCUT2D eigenvalue weighted by Gasteiger charge is 2.33. The van der Waals surface area contributed by atoms with Gasteiger partial charge < -0.3 is 10.0 Å². The largest absolute Gasteiger partial charge is 0.480 e. The molecule has 1 fully saturated rings. The van der Waals surface area contributed by atoms with Crippen molar-refractivity contribution in [1.82, 2.24) is 4.90 Å². The second-order valence-electron chi connectivity index (χ2n) is 4.88. The molecule has 98 valence electrons. The van der Waals surface area contributed by atoms with Crippen molar-refractivity contribution >= 4 is 23.6 Å². The lowest BCUT2D eigenvalue weighted by Crippen LogP contribution is -2.38. The molecule has 1 aliphatic carbocycles. The van der Waals surface area contributed by atoms with Crippen LogP contribution in [-0.4, -0.2) is 46.0 Å². The Morgan fingerprint density at radius 1 is 1.41 bits per heavy atom. The summed E-state index contributed by atoms with van der Waals surface area (Å²) >= 11 is 1.61. The number of carbonyl (C=O) groups is 2. The van der Waals surface area contributed by atoms with Crippen LogP contribution in [0, 0.1) is 5.92 Å². The van der Waals surface area contributed by atoms with E-state index in [9.17, 15) is 9.59 Å². The summed E-state index contributed by atoms with van der Waals surface area (Å²) in [5, 5.41) is 8.75. The third-order valence-electron chi connectivity index (χ3n) is 2.68. The van der Waals surface area contributed by atoms with E-state index in [-0.39, 0.29) is 18.5 Å². The smallest absolute Gasteiger partial charge is 0.323 e. The van der Waals surface area contributed by atoms with E-state index in [1.807, 2.05) is 0 Å². The monoisotopic (exact) mass is 259 g/mol. The number of carboxylic acids is 1. The summed E-state index contributed by atoms with van der Waals surface area (Å²) in [6, 6.07) is 0.185. The van der Waals surface area contributed by atoms with Crippen LogP contribution in [0.2, 0.25) is 0 Å². The van der Waals surface area contributed by atoms with Crippen LogP contribution in [0.1, 0.15) is 33.1 Å². The average Bonchev–Trinajstić information content (AvgIpc) is 3.03. The molecule has 0 aliphatic heterocycles. The first kappa shape index (κ1) is 14.4. The van der Waals surface area contributed by atoms with E-state index in [1.165, 1.54) is 4.90 Å². The molecule has 0 unspecified atom stereocenters. The van der Waals surface area contributed by atoms with Gasteiger partial charge in [0.05, 0.1) is 5.75 Å². The van der Waals surface area contributed by atoms with Crippen molar-refractivity contribution < 1.29 is 14.7 Å². The molecule has 1 aliphatic rings. The molecule has 0 aromatic carbocycles. The zero-order valence-electron chi connectivity index (χ0n) is 10.5. The Hall–Kier alpha value is -0.710. The minimum Gasteiger partial charge on any atom is -0.480 e. The highest BCUT2D eigenvalue weighted by Crippen LogP contribution is 2.27. The fourth-order valence-electron chi connectivity index (χ4n) is 1.51. The zero-order chi connectivity index (χ0) is 12.8. The second kappa shape index (κ2) is 6.89. The Morgan fingerprint density at radius 2 is 2.06 bits per heavy atom. The normalized spacial score (nSPS) is 15.0. The van der Waals surface area contributed by atoms with Crippen LogP contribution in [0.25, 0.3) is 0 Å². The fraction of sp³-hybridized carbons (Fsp3) is 0.833. The first-order chi connectivity index (χ1) is 8.00. The number of amides is 1. The lowest BCUT2D eigenvalue weighted by molar-refractivity contribution is -0.143. The molecule has 0 bridgehead atoms. The molecule has 0 spiro atoms. The van der Waals surface area contributed by atoms with E-state index in [0.29, 0.717) is 11.7 Å². The molecule has 0 aromatic heterocycles. The Kier molecular flexibility index (Phi) is 5.82. The van der Waals surface area contributed by atoms with E-state index in [2.05, 4.69) is 13.8 Å². The molecule has 0 saturated heterocycles. The molecule has 17 heavy (non-hydrogen) atoms. The summed E-state index contributed by atoms with van der Waals surface area (Å²) in [7, 11) is 0. The number of hydrogen-bond donors (Lipinski definition) is 1. The lowest BCUT2D eigenvalue weighted by Gasteiger charge is -2.20. The van der Waals surface area contributed by atoms with Crippen LogP contribution in [0.4, 0.5) is 0 Å². The van der Waals surface area contributed by atoms with Crippen molar-refractivity contribution in [1.29, 1.82) is 0 Å². The highest BCUT2D eigenvalue weighted by molar-refractivity contribution is 7.99. The van der Waals surface area contributed by atoms with Crippen LogP contribution in [0.15, 0.2) is 0 Å². The third-order valence-corrected chi connectivity index (χ3v) is 3.65. The summed E-state index contributed by atoms with van der Waals surface area (Å²) in [6.45, 7) is 4.17. The minimum absolute atomic E-state index is 0.0244. The summed E-state index contributed by atoms with van der Waals surface area (Å²) in [4.78, 5) is 24.0. The van der Waals surface area contributed by atoms with E-state index < -0.39 is 5.97 Å². The van der Waals surface area contributed by atoms with Gasteiger partial charge in [0.15, 0.2) is 0 Å². The summed E-state index contributed by atoms with van der Waals surface area (Å²) in [6.07, 6.45) is 3.01. The van der Waals surface area contributed by atoms with Crippen molar-refractivity contribution in [3.05, 3.63) is 0 Å². The minimum atomic E-state index is -0.919. The van der Waals surface area contributed by atoms with Crippen molar-refractivity contribution in [2.45, 2.75) is 39.2 Å². The van der Waals surface area contributed by atoms with E-state index in [4.69, 9.17) is 5.11 Å². The van der Waals surface area contributed by atoms with Crippen molar-refractivity contribution in [2.75, 3.05) is 18.1 Å². The number of carboxylic acid groups (broad SMARTS) is 1. The maximum atomic E-state index is 11.8. The van der Waals surface area contributed by atoms with E-state index >= 15 is 0 Å². The second-order valence-corrected chi connectivity index (χ2v) is 5.99. The molecule has 0 heterocycles. The standard InChI is InChI=1S/C12H21NO3S/c1-9(2)5-6-17-8-11(14)13(7-12(15)16)10-3-4-10/h9-10H,3-8H2,1-2H3,(H,15,16). The molecule has 4 nitrogen and oxygen atoms in total. The molecule has 1 amide bonds. The van der Waals surface area contributed by atoms with Crippen LogP contribution < -0.4 is 0 Å². The van der Waals surface area contributed by atoms with Crippen LogP contribution in [0.5, 0.6) is 0 Å². The highest BCUT2D eigenvalue weighted by atomic mass is 32.2. The molecule has 5 heteroatoms. The summed E-state index contributed by atoms with van der Waals surface area (Å²) in [5.74, 6) is 1.09. The first-order valence-electron chi connectivity index (χ1n) is 6.09. The van der Waals surface area contributed by atoms with Crippen molar-refractivity contribution in [2.24, 2.45) is 5.92 Å². The van der Waals surface area contributed by atoms with Crippen LogP contribution in [-0.2, 0) is 9.59 Å². The number of rotatable bonds is 8.